The number of quaternary nitrogens is 1. The minimum absolute atomic E-state index is 0.00171. The van der Waals surface area contributed by atoms with E-state index in [9.17, 15) is 13.6 Å². The molecule has 0 aromatic heterocycles. The van der Waals surface area contributed by atoms with E-state index in [2.05, 4.69) is 10.1 Å². The summed E-state index contributed by atoms with van der Waals surface area (Å²) in [5.41, 5.74) is 0.887. The van der Waals surface area contributed by atoms with Crippen molar-refractivity contribution in [2.45, 2.75) is 40.0 Å². The molecule has 1 atom stereocenters. The van der Waals surface area contributed by atoms with Crippen LogP contribution in [0.4, 0.5) is 8.78 Å². The van der Waals surface area contributed by atoms with Crippen LogP contribution in [-0.2, 0) is 11.3 Å². The summed E-state index contributed by atoms with van der Waals surface area (Å²) in [5.74, 6) is 0.244. The maximum Gasteiger partial charge on any atom is 0.387 e. The third-order valence-corrected chi connectivity index (χ3v) is 3.26. The molecule has 23 heavy (non-hydrogen) atoms. The van der Waals surface area contributed by atoms with Crippen LogP contribution in [0.25, 0.3) is 0 Å². The molecule has 0 aliphatic heterocycles. The van der Waals surface area contributed by atoms with Crippen molar-refractivity contribution < 1.29 is 27.9 Å². The van der Waals surface area contributed by atoms with Crippen molar-refractivity contribution in [2.24, 2.45) is 0 Å². The minimum Gasteiger partial charge on any atom is -0.493 e. The molecule has 1 unspecified atom stereocenters. The fraction of sp³-hybridized carbons (Fsp3) is 0.562. The fourth-order valence-electron chi connectivity index (χ4n) is 2.22. The van der Waals surface area contributed by atoms with Crippen molar-refractivity contribution in [3.8, 4) is 11.5 Å². The zero-order valence-corrected chi connectivity index (χ0v) is 14.0. The van der Waals surface area contributed by atoms with Gasteiger partial charge < -0.3 is 19.7 Å². The monoisotopic (exact) mass is 331 g/mol. The van der Waals surface area contributed by atoms with Gasteiger partial charge in [-0.3, -0.25) is 4.79 Å². The molecule has 130 valence electrons. The fourth-order valence-corrected chi connectivity index (χ4v) is 2.22. The van der Waals surface area contributed by atoms with Crippen molar-refractivity contribution in [2.75, 3.05) is 20.2 Å². The van der Waals surface area contributed by atoms with Crippen LogP contribution in [0.5, 0.6) is 11.5 Å². The largest absolute Gasteiger partial charge is 0.493 e. The quantitative estimate of drug-likeness (QED) is 0.716. The van der Waals surface area contributed by atoms with Crippen LogP contribution in [0.3, 0.4) is 0 Å². The number of carbonyl (C=O) groups excluding carboxylic acids is 1. The van der Waals surface area contributed by atoms with Gasteiger partial charge in [0, 0.05) is 11.6 Å². The smallest absolute Gasteiger partial charge is 0.387 e. The Morgan fingerprint density at radius 3 is 2.52 bits per heavy atom. The van der Waals surface area contributed by atoms with Crippen molar-refractivity contribution in [3.63, 3.8) is 0 Å². The van der Waals surface area contributed by atoms with Gasteiger partial charge in [0.2, 0.25) is 0 Å². The summed E-state index contributed by atoms with van der Waals surface area (Å²) >= 11 is 0. The highest BCUT2D eigenvalue weighted by atomic mass is 19.3. The number of carbonyl (C=O) groups is 1. The van der Waals surface area contributed by atoms with Crippen molar-refractivity contribution in [3.05, 3.63) is 23.8 Å². The molecule has 1 aromatic rings. The summed E-state index contributed by atoms with van der Waals surface area (Å²) < 4.78 is 34.1. The van der Waals surface area contributed by atoms with Crippen LogP contribution in [0.2, 0.25) is 0 Å². The van der Waals surface area contributed by atoms with E-state index in [0.717, 1.165) is 17.0 Å². The Hall–Kier alpha value is -1.89. The van der Waals surface area contributed by atoms with Crippen LogP contribution in [0.1, 0.15) is 26.3 Å². The number of rotatable bonds is 9. The van der Waals surface area contributed by atoms with Crippen molar-refractivity contribution in [1.29, 1.82) is 0 Å². The van der Waals surface area contributed by atoms with Gasteiger partial charge in [-0.25, -0.2) is 0 Å². The Morgan fingerprint density at radius 2 is 2.00 bits per heavy atom. The zero-order valence-electron chi connectivity index (χ0n) is 14.0. The molecule has 0 heterocycles. The van der Waals surface area contributed by atoms with Crippen LogP contribution in [0, 0.1) is 0 Å². The normalized spacial score (nSPS) is 12.3. The van der Waals surface area contributed by atoms with E-state index in [1.807, 2.05) is 20.8 Å². The first-order valence-corrected chi connectivity index (χ1v) is 7.60. The Morgan fingerprint density at radius 1 is 1.30 bits per heavy atom. The molecule has 0 radical (unpaired) electrons. The zero-order chi connectivity index (χ0) is 17.4. The van der Waals surface area contributed by atoms with E-state index < -0.39 is 6.61 Å². The van der Waals surface area contributed by atoms with Crippen LogP contribution in [0.15, 0.2) is 18.2 Å². The summed E-state index contributed by atoms with van der Waals surface area (Å²) in [6.07, 6.45) is 0. The van der Waals surface area contributed by atoms with Crippen LogP contribution < -0.4 is 19.7 Å². The number of methoxy groups -OCH3 is 1. The SMILES string of the molecule is CC[NH+](CC(=O)NC(C)C)Cc1ccc(OC(F)F)c(OC)c1. The van der Waals surface area contributed by atoms with Crippen LogP contribution >= 0.6 is 0 Å². The standard InChI is InChI=1S/C16H24F2N2O3/c1-5-20(10-15(21)19-11(2)3)9-12-6-7-13(23-16(17)18)14(8-12)22-4/h6-8,11,16H,5,9-10H2,1-4H3,(H,19,21)/p+1. The summed E-state index contributed by atoms with van der Waals surface area (Å²) in [7, 11) is 1.40. The number of nitrogens with one attached hydrogen (secondary N) is 2. The molecule has 1 aromatic carbocycles. The first-order chi connectivity index (χ1) is 10.8. The van der Waals surface area contributed by atoms with Gasteiger partial charge in [-0.1, -0.05) is 0 Å². The predicted molar refractivity (Wildman–Crippen MR) is 83.0 cm³/mol. The van der Waals surface area contributed by atoms with Gasteiger partial charge in [0.25, 0.3) is 5.91 Å². The number of amides is 1. The molecule has 0 aliphatic rings. The third kappa shape index (κ3) is 6.81. The maximum absolute atomic E-state index is 12.3. The molecule has 0 spiro atoms. The topological polar surface area (TPSA) is 52.0 Å². The second-order valence-corrected chi connectivity index (χ2v) is 5.54. The Labute approximate surface area is 135 Å². The highest BCUT2D eigenvalue weighted by Gasteiger charge is 2.16. The predicted octanol–water partition coefficient (Wildman–Crippen LogP) is 1.23. The molecule has 0 aliphatic carbocycles. The van der Waals surface area contributed by atoms with E-state index in [1.165, 1.54) is 13.2 Å². The van der Waals surface area contributed by atoms with E-state index in [1.54, 1.807) is 12.1 Å². The van der Waals surface area contributed by atoms with E-state index in [-0.39, 0.29) is 23.4 Å². The van der Waals surface area contributed by atoms with Gasteiger partial charge in [0.15, 0.2) is 18.0 Å². The molecule has 1 amide bonds. The van der Waals surface area contributed by atoms with Gasteiger partial charge in [-0.15, -0.1) is 0 Å². The van der Waals surface area contributed by atoms with Crippen molar-refractivity contribution >= 4 is 5.91 Å². The molecule has 0 saturated carbocycles. The number of benzene rings is 1. The molecule has 2 N–H and O–H groups in total. The molecule has 0 saturated heterocycles. The van der Waals surface area contributed by atoms with Gasteiger partial charge in [0.05, 0.1) is 13.7 Å². The summed E-state index contributed by atoms with van der Waals surface area (Å²) in [6.45, 7) is 4.63. The number of likely N-dealkylation sites (N-methyl/N-ethyl adjacent to an activating group) is 1. The number of alkyl halides is 2. The van der Waals surface area contributed by atoms with Gasteiger partial charge >= 0.3 is 6.61 Å². The van der Waals surface area contributed by atoms with E-state index >= 15 is 0 Å². The van der Waals surface area contributed by atoms with Gasteiger partial charge in [0.1, 0.15) is 6.54 Å². The lowest BCUT2D eigenvalue weighted by atomic mass is 10.2. The first kappa shape index (κ1) is 19.2. The highest BCUT2D eigenvalue weighted by Crippen LogP contribution is 2.29. The minimum atomic E-state index is -2.90. The van der Waals surface area contributed by atoms with Crippen molar-refractivity contribution in [1.82, 2.24) is 5.32 Å². The van der Waals surface area contributed by atoms with Gasteiger partial charge in [-0.05, 0) is 39.0 Å². The lowest BCUT2D eigenvalue weighted by Crippen LogP contribution is -3.11. The Bertz CT molecular complexity index is 510. The lowest BCUT2D eigenvalue weighted by molar-refractivity contribution is -0.904. The first-order valence-electron chi connectivity index (χ1n) is 7.60. The molecular formula is C16H25F2N2O3+. The summed E-state index contributed by atoms with van der Waals surface area (Å²) in [4.78, 5) is 12.9. The molecule has 1 rings (SSSR count). The van der Waals surface area contributed by atoms with Crippen LogP contribution in [-0.4, -0.2) is 38.8 Å². The number of hydrogen-bond acceptors (Lipinski definition) is 3. The average Bonchev–Trinajstić information content (AvgIpc) is 2.46. The second-order valence-electron chi connectivity index (χ2n) is 5.54. The summed E-state index contributed by atoms with van der Waals surface area (Å²) in [6, 6.07) is 4.93. The average molecular weight is 331 g/mol. The number of halogens is 2. The Balaban J connectivity index is 2.75. The third-order valence-electron chi connectivity index (χ3n) is 3.26. The Kier molecular flexibility index (Phi) is 7.74. The maximum atomic E-state index is 12.3. The van der Waals surface area contributed by atoms with E-state index in [0.29, 0.717) is 13.1 Å². The molecule has 0 fully saturated rings. The lowest BCUT2D eigenvalue weighted by Gasteiger charge is -2.19. The molecule has 5 nitrogen and oxygen atoms in total. The van der Waals surface area contributed by atoms with E-state index in [4.69, 9.17) is 4.74 Å². The molecule has 7 heteroatoms. The second kappa shape index (κ2) is 9.29. The molecule has 0 bridgehead atoms. The number of ether oxygens (including phenoxy) is 2. The summed E-state index contributed by atoms with van der Waals surface area (Å²) in [5, 5.41) is 2.86. The van der Waals surface area contributed by atoms with Gasteiger partial charge in [-0.2, -0.15) is 8.78 Å². The highest BCUT2D eigenvalue weighted by molar-refractivity contribution is 5.77. The number of hydrogen-bond donors (Lipinski definition) is 2. The molecular weight excluding hydrogens is 306 g/mol.